The predicted molar refractivity (Wildman–Crippen MR) is 65.0 cm³/mol. The number of hydrogen-bond acceptors (Lipinski definition) is 3. The summed E-state index contributed by atoms with van der Waals surface area (Å²) in [6.45, 7) is 5.20. The lowest BCUT2D eigenvalue weighted by atomic mass is 9.94. The maximum atomic E-state index is 11.7. The first-order valence-corrected chi connectivity index (χ1v) is 6.13. The molecule has 0 aliphatic heterocycles. The van der Waals surface area contributed by atoms with E-state index in [1.807, 2.05) is 24.4 Å². The van der Waals surface area contributed by atoms with Gasteiger partial charge in [-0.05, 0) is 49.6 Å². The van der Waals surface area contributed by atoms with Gasteiger partial charge in [0, 0.05) is 6.04 Å². The molecule has 0 aromatic carbocycles. The van der Waals surface area contributed by atoms with Crippen LogP contribution < -0.4 is 5.32 Å². The fourth-order valence-electron chi connectivity index (χ4n) is 1.27. The number of nitrogens with zero attached hydrogens (tertiary/aromatic N) is 1. The molecule has 0 spiro atoms. The Balaban J connectivity index is 2.50. The fourth-order valence-corrected chi connectivity index (χ4v) is 1.95. The minimum atomic E-state index is -0.955. The van der Waals surface area contributed by atoms with Gasteiger partial charge in [-0.1, -0.05) is 0 Å². The molecule has 3 nitrogen and oxygen atoms in total. The monoisotopic (exact) mass is 236 g/mol. The van der Waals surface area contributed by atoms with Crippen LogP contribution in [-0.4, -0.2) is 11.9 Å². The molecule has 1 heterocycles. The van der Waals surface area contributed by atoms with Crippen LogP contribution in [0.3, 0.4) is 0 Å². The molecule has 1 unspecified atom stereocenters. The van der Waals surface area contributed by atoms with Crippen LogP contribution in [0.5, 0.6) is 0 Å². The first-order chi connectivity index (χ1) is 7.45. The zero-order valence-corrected chi connectivity index (χ0v) is 10.6. The number of thiophene rings is 1. The van der Waals surface area contributed by atoms with Crippen molar-refractivity contribution in [2.45, 2.75) is 33.2 Å². The van der Waals surface area contributed by atoms with Crippen LogP contribution in [0.2, 0.25) is 0 Å². The lowest BCUT2D eigenvalue weighted by molar-refractivity contribution is -0.127. The highest BCUT2D eigenvalue weighted by molar-refractivity contribution is 7.07. The Morgan fingerprint density at radius 1 is 1.69 bits per heavy atom. The minimum Gasteiger partial charge on any atom is -0.352 e. The summed E-state index contributed by atoms with van der Waals surface area (Å²) in [6.07, 6.45) is 0.802. The van der Waals surface area contributed by atoms with Gasteiger partial charge in [-0.2, -0.15) is 16.6 Å². The van der Waals surface area contributed by atoms with E-state index >= 15 is 0 Å². The quantitative estimate of drug-likeness (QED) is 0.872. The molecule has 0 saturated heterocycles. The maximum absolute atomic E-state index is 11.7. The normalized spacial score (nSPS) is 12.9. The Morgan fingerprint density at radius 3 is 2.88 bits per heavy atom. The van der Waals surface area contributed by atoms with E-state index in [1.165, 1.54) is 5.56 Å². The molecule has 1 rings (SSSR count). The molecule has 4 heteroatoms. The lowest BCUT2D eigenvalue weighted by Gasteiger charge is -2.19. The van der Waals surface area contributed by atoms with Crippen molar-refractivity contribution in [3.8, 4) is 6.07 Å². The van der Waals surface area contributed by atoms with Crippen LogP contribution in [0.15, 0.2) is 16.8 Å². The Hall–Kier alpha value is -1.34. The predicted octanol–water partition coefficient (Wildman–Crippen LogP) is 2.35. The summed E-state index contributed by atoms with van der Waals surface area (Å²) in [5, 5.41) is 15.8. The summed E-state index contributed by atoms with van der Waals surface area (Å²) in [5.41, 5.74) is 0.260. The third-order valence-electron chi connectivity index (χ3n) is 2.35. The molecule has 0 saturated carbocycles. The highest BCUT2D eigenvalue weighted by Gasteiger charge is 2.27. The first kappa shape index (κ1) is 12.7. The molecule has 0 aliphatic rings. The molecular weight excluding hydrogens is 220 g/mol. The van der Waals surface area contributed by atoms with Crippen LogP contribution in [0, 0.1) is 16.7 Å². The van der Waals surface area contributed by atoms with Gasteiger partial charge >= 0.3 is 0 Å². The maximum Gasteiger partial charge on any atom is 0.240 e. The number of carbonyl (C=O) groups excluding carboxylic acids is 1. The molecule has 1 aromatic rings. The van der Waals surface area contributed by atoms with Gasteiger partial charge in [-0.25, -0.2) is 0 Å². The van der Waals surface area contributed by atoms with Gasteiger partial charge in [0.05, 0.1) is 6.07 Å². The average Bonchev–Trinajstić information content (AvgIpc) is 2.70. The number of hydrogen-bond donors (Lipinski definition) is 1. The van der Waals surface area contributed by atoms with Crippen LogP contribution in [0.25, 0.3) is 0 Å². The summed E-state index contributed by atoms with van der Waals surface area (Å²) in [7, 11) is 0. The third kappa shape index (κ3) is 3.35. The molecule has 0 bridgehead atoms. The number of carbonyl (C=O) groups is 1. The number of nitrogens with one attached hydrogen (secondary N) is 1. The Morgan fingerprint density at radius 2 is 2.38 bits per heavy atom. The summed E-state index contributed by atoms with van der Waals surface area (Å²) in [4.78, 5) is 11.7. The second-order valence-electron chi connectivity index (χ2n) is 4.45. The molecule has 1 atom stereocenters. The molecule has 1 amide bonds. The van der Waals surface area contributed by atoms with E-state index in [0.717, 1.165) is 6.42 Å². The topological polar surface area (TPSA) is 52.9 Å². The zero-order valence-electron chi connectivity index (χ0n) is 9.78. The second kappa shape index (κ2) is 5.13. The summed E-state index contributed by atoms with van der Waals surface area (Å²) in [5.74, 6) is -0.210. The summed E-state index contributed by atoms with van der Waals surface area (Å²) < 4.78 is 0. The molecule has 16 heavy (non-hydrogen) atoms. The van der Waals surface area contributed by atoms with Crippen molar-refractivity contribution in [2.24, 2.45) is 5.41 Å². The van der Waals surface area contributed by atoms with E-state index in [-0.39, 0.29) is 11.9 Å². The smallest absolute Gasteiger partial charge is 0.240 e. The first-order valence-electron chi connectivity index (χ1n) is 5.19. The highest BCUT2D eigenvalue weighted by Crippen LogP contribution is 2.14. The van der Waals surface area contributed by atoms with E-state index in [0.29, 0.717) is 0 Å². The van der Waals surface area contributed by atoms with E-state index in [4.69, 9.17) is 5.26 Å². The number of rotatable bonds is 4. The molecule has 0 radical (unpaired) electrons. The summed E-state index contributed by atoms with van der Waals surface area (Å²) in [6, 6.07) is 4.09. The van der Waals surface area contributed by atoms with Crippen LogP contribution in [-0.2, 0) is 11.2 Å². The van der Waals surface area contributed by atoms with Gasteiger partial charge < -0.3 is 5.32 Å². The van der Waals surface area contributed by atoms with Gasteiger partial charge in [0.25, 0.3) is 0 Å². The standard InChI is InChI=1S/C12H16N2OS/c1-9(6-10-4-5-16-7-10)14-11(15)12(2,3)8-13/h4-5,7,9H,6H2,1-3H3,(H,14,15). The zero-order chi connectivity index (χ0) is 12.2. The minimum absolute atomic E-state index is 0.0507. The van der Waals surface area contributed by atoms with E-state index in [2.05, 4.69) is 10.7 Å². The second-order valence-corrected chi connectivity index (χ2v) is 5.23. The van der Waals surface area contributed by atoms with Crippen molar-refractivity contribution in [2.75, 3.05) is 0 Å². The number of nitriles is 1. The molecule has 1 aromatic heterocycles. The van der Waals surface area contributed by atoms with Crippen molar-refractivity contribution in [3.05, 3.63) is 22.4 Å². The molecule has 86 valence electrons. The SMILES string of the molecule is CC(Cc1ccsc1)NC(=O)C(C)(C)C#N. The average molecular weight is 236 g/mol. The van der Waals surface area contributed by atoms with E-state index in [1.54, 1.807) is 25.2 Å². The Kier molecular flexibility index (Phi) is 4.08. The third-order valence-corrected chi connectivity index (χ3v) is 3.08. The van der Waals surface area contributed by atoms with Crippen molar-refractivity contribution in [1.29, 1.82) is 5.26 Å². The van der Waals surface area contributed by atoms with Gasteiger partial charge in [-0.15, -0.1) is 0 Å². The molecule has 0 fully saturated rings. The number of amides is 1. The van der Waals surface area contributed by atoms with Crippen LogP contribution in [0.1, 0.15) is 26.3 Å². The van der Waals surface area contributed by atoms with Gasteiger partial charge in [-0.3, -0.25) is 4.79 Å². The van der Waals surface area contributed by atoms with E-state index < -0.39 is 5.41 Å². The van der Waals surface area contributed by atoms with Crippen molar-refractivity contribution < 1.29 is 4.79 Å². The van der Waals surface area contributed by atoms with Crippen LogP contribution >= 0.6 is 11.3 Å². The highest BCUT2D eigenvalue weighted by atomic mass is 32.1. The fraction of sp³-hybridized carbons (Fsp3) is 0.500. The largest absolute Gasteiger partial charge is 0.352 e. The van der Waals surface area contributed by atoms with Crippen molar-refractivity contribution >= 4 is 17.2 Å². The van der Waals surface area contributed by atoms with Crippen LogP contribution in [0.4, 0.5) is 0 Å². The summed E-state index contributed by atoms with van der Waals surface area (Å²) >= 11 is 1.65. The lowest BCUT2D eigenvalue weighted by Crippen LogP contribution is -2.41. The molecule has 0 aliphatic carbocycles. The van der Waals surface area contributed by atoms with Crippen molar-refractivity contribution in [1.82, 2.24) is 5.32 Å². The van der Waals surface area contributed by atoms with Crippen molar-refractivity contribution in [3.63, 3.8) is 0 Å². The molecule has 1 N–H and O–H groups in total. The molecular formula is C12H16N2OS. The Labute approximate surface area is 100 Å². The Bertz CT molecular complexity index is 390. The van der Waals surface area contributed by atoms with Gasteiger partial charge in [0.15, 0.2) is 0 Å². The van der Waals surface area contributed by atoms with Gasteiger partial charge in [0.1, 0.15) is 5.41 Å². The van der Waals surface area contributed by atoms with E-state index in [9.17, 15) is 4.79 Å². The van der Waals surface area contributed by atoms with Gasteiger partial charge in [0.2, 0.25) is 5.91 Å².